The van der Waals surface area contributed by atoms with Gasteiger partial charge in [0.15, 0.2) is 0 Å². The van der Waals surface area contributed by atoms with Crippen LogP contribution >= 0.6 is 15.9 Å². The molecule has 0 saturated carbocycles. The third-order valence-electron chi connectivity index (χ3n) is 2.16. The third-order valence-corrected chi connectivity index (χ3v) is 3.81. The first kappa shape index (κ1) is 15.2. The smallest absolute Gasteiger partial charge is 0.0178 e. The molecule has 1 aliphatic heterocycles. The van der Waals surface area contributed by atoms with E-state index < -0.39 is 0 Å². The van der Waals surface area contributed by atoms with Gasteiger partial charge in [-0.05, 0) is 17.7 Å². The predicted molar refractivity (Wildman–Crippen MR) is 70.6 cm³/mol. The van der Waals surface area contributed by atoms with Gasteiger partial charge >= 0.3 is 59.6 Å². The van der Waals surface area contributed by atoms with Crippen molar-refractivity contribution in [1.29, 1.82) is 0 Å². The summed E-state index contributed by atoms with van der Waals surface area (Å²) >= 11 is 5.58. The van der Waals surface area contributed by atoms with E-state index in [9.17, 15) is 0 Å². The van der Waals surface area contributed by atoms with Gasteiger partial charge in [0.05, 0.1) is 0 Å². The summed E-state index contributed by atoms with van der Waals surface area (Å²) in [5.74, 6) is 0. The van der Waals surface area contributed by atoms with Crippen LogP contribution in [0.2, 0.25) is 0 Å². The van der Waals surface area contributed by atoms with E-state index in [1.165, 1.54) is 9.71 Å². The van der Waals surface area contributed by atoms with Crippen LogP contribution in [0.25, 0.3) is 0 Å². The van der Waals surface area contributed by atoms with E-state index in [0.29, 0.717) is 6.54 Å². The Morgan fingerprint density at radius 2 is 1.94 bits per heavy atom. The first-order valence-electron chi connectivity index (χ1n) is 5.15. The fraction of sp³-hybridized carbons (Fsp3) is 0.364. The predicted octanol–water partition coefficient (Wildman–Crippen LogP) is 0.868. The first-order chi connectivity index (χ1) is 8.02. The molecule has 1 saturated heterocycles. The molecule has 98 valence electrons. The number of hydrazine groups is 1. The average Bonchev–Trinajstić information content (AvgIpc) is 2.58. The summed E-state index contributed by atoms with van der Waals surface area (Å²) < 4.78 is 2.28. The fourth-order valence-electron chi connectivity index (χ4n) is 1.26. The molecule has 1 aliphatic rings. The van der Waals surface area contributed by atoms with Crippen LogP contribution in [0, 0.1) is 0 Å². The van der Waals surface area contributed by atoms with Crippen molar-refractivity contribution in [2.75, 3.05) is 20.8 Å². The molecular formula is C11H17BrN4Pt. The molecule has 0 bridgehead atoms. The Morgan fingerprint density at radius 1 is 1.35 bits per heavy atom. The molecule has 0 radical (unpaired) electrons. The summed E-state index contributed by atoms with van der Waals surface area (Å²) in [7, 11) is 4.07. The molecule has 0 amide bonds. The van der Waals surface area contributed by atoms with Crippen LogP contribution < -0.4 is 11.2 Å². The topological polar surface area (TPSA) is 44.5 Å². The van der Waals surface area contributed by atoms with Crippen LogP contribution in [0.3, 0.4) is 0 Å². The van der Waals surface area contributed by atoms with Gasteiger partial charge in [-0.3, -0.25) is 0 Å². The fourth-order valence-corrected chi connectivity index (χ4v) is 2.12. The number of benzene rings is 1. The molecule has 6 heteroatoms. The van der Waals surface area contributed by atoms with Crippen molar-refractivity contribution in [3.05, 3.63) is 34.3 Å². The normalized spacial score (nSPS) is 16.9. The number of nitrogens with two attached hydrogens (primary N) is 1. The summed E-state index contributed by atoms with van der Waals surface area (Å²) in [5, 5.41) is 2.03. The monoisotopic (exact) mass is 479 g/mol. The van der Waals surface area contributed by atoms with Gasteiger partial charge in [0.2, 0.25) is 0 Å². The van der Waals surface area contributed by atoms with Crippen LogP contribution in [0.5, 0.6) is 0 Å². The first-order valence-corrected chi connectivity index (χ1v) is 7.08. The van der Waals surface area contributed by atoms with Crippen LogP contribution in [-0.2, 0) is 25.9 Å². The van der Waals surface area contributed by atoms with Crippen molar-refractivity contribution < 1.29 is 19.4 Å². The number of hydrogen-bond acceptors (Lipinski definition) is 4. The van der Waals surface area contributed by atoms with Gasteiger partial charge in [-0.2, -0.15) is 0 Å². The molecule has 0 atom stereocenters. The summed E-state index contributed by atoms with van der Waals surface area (Å²) in [5.41, 5.74) is 9.68. The Hall–Kier alpha value is 0.0983. The summed E-state index contributed by atoms with van der Waals surface area (Å²) in [6.45, 7) is 1.59. The second-order valence-corrected chi connectivity index (χ2v) is 5.73. The Morgan fingerprint density at radius 3 is 2.24 bits per heavy atom. The minimum absolute atomic E-state index is 0.618. The maximum Gasteiger partial charge on any atom is 0.0178 e. The van der Waals surface area contributed by atoms with Gasteiger partial charge in [-0.25, -0.2) is 0 Å². The molecule has 1 fully saturated rings. The van der Waals surface area contributed by atoms with Crippen molar-refractivity contribution >= 4 is 20.1 Å². The molecule has 4 nitrogen and oxygen atoms in total. The second-order valence-electron chi connectivity index (χ2n) is 3.74. The molecule has 17 heavy (non-hydrogen) atoms. The molecule has 3 N–H and O–H groups in total. The van der Waals surface area contributed by atoms with Gasteiger partial charge in [0.25, 0.3) is 0 Å². The molecule has 0 spiro atoms. The zero-order chi connectivity index (χ0) is 12.8. The summed E-state index contributed by atoms with van der Waals surface area (Å²) in [6, 6.07) is 7.98. The molecule has 1 heterocycles. The van der Waals surface area contributed by atoms with Crippen LogP contribution in [0.1, 0.15) is 5.56 Å². The quantitative estimate of drug-likeness (QED) is 0.627. The van der Waals surface area contributed by atoms with Gasteiger partial charge in [-0.1, -0.05) is 28.1 Å². The maximum atomic E-state index is 5.38. The largest absolute Gasteiger partial charge is 0.326 e. The van der Waals surface area contributed by atoms with E-state index in [2.05, 4.69) is 52.7 Å². The van der Waals surface area contributed by atoms with E-state index in [-0.39, 0.29) is 0 Å². The van der Waals surface area contributed by atoms with E-state index >= 15 is 0 Å². The van der Waals surface area contributed by atoms with Crippen LogP contribution in [-0.4, -0.2) is 34.8 Å². The number of nitrogens with zero attached hydrogens (tertiary/aromatic N) is 2. The van der Waals surface area contributed by atoms with Crippen molar-refractivity contribution in [2.45, 2.75) is 6.54 Å². The Bertz CT molecular complexity index is 368. The van der Waals surface area contributed by atoms with Crippen molar-refractivity contribution in [3.63, 3.8) is 0 Å². The summed E-state index contributed by atoms with van der Waals surface area (Å²) in [6.07, 6.45) is 0. The van der Waals surface area contributed by atoms with E-state index in [1.54, 1.807) is 0 Å². The molecular weight excluding hydrogens is 463 g/mol. The molecule has 0 unspecified atom stereocenters. The van der Waals surface area contributed by atoms with Crippen LogP contribution in [0.15, 0.2) is 28.7 Å². The Balaban J connectivity index is 0.000000171. The van der Waals surface area contributed by atoms with Gasteiger partial charge in [-0.15, -0.1) is 0 Å². The zero-order valence-corrected chi connectivity index (χ0v) is 13.7. The standard InChI is InChI=1S/C7H8BrN.C4H9N3.Pt/c8-7-3-1-6(5-9)2-4-7;1-6-3-5-7(2)4-6;/h1-4H,5,9H2;5H,4H2,1-2H3;. The van der Waals surface area contributed by atoms with Crippen molar-refractivity contribution in [2.24, 2.45) is 5.73 Å². The Labute approximate surface area is 122 Å². The van der Waals surface area contributed by atoms with E-state index in [0.717, 1.165) is 11.1 Å². The summed E-state index contributed by atoms with van der Waals surface area (Å²) in [4.78, 5) is 2.14. The SMILES string of the molecule is CN1CN(C)[C](=[Pt])N1.NCc1ccc(Br)cc1. The molecule has 1 aromatic rings. The third kappa shape index (κ3) is 5.51. The number of halogens is 1. The molecule has 2 rings (SSSR count). The minimum atomic E-state index is 0.618. The molecule has 1 aromatic carbocycles. The van der Waals surface area contributed by atoms with Gasteiger partial charge in [0.1, 0.15) is 0 Å². The number of rotatable bonds is 1. The van der Waals surface area contributed by atoms with Gasteiger partial charge in [0, 0.05) is 11.0 Å². The van der Waals surface area contributed by atoms with E-state index in [1.807, 2.05) is 36.3 Å². The Kier molecular flexibility index (Phi) is 6.70. The second kappa shape index (κ2) is 7.51. The number of nitrogens with one attached hydrogen (secondary N) is 1. The van der Waals surface area contributed by atoms with Crippen molar-refractivity contribution in [1.82, 2.24) is 15.3 Å². The average molecular weight is 480 g/mol. The van der Waals surface area contributed by atoms with Crippen LogP contribution in [0.4, 0.5) is 0 Å². The minimum Gasteiger partial charge on any atom is -0.326 e. The van der Waals surface area contributed by atoms with Crippen molar-refractivity contribution in [3.8, 4) is 0 Å². The zero-order valence-electron chi connectivity index (χ0n) is 9.89. The van der Waals surface area contributed by atoms with E-state index in [4.69, 9.17) is 5.73 Å². The van der Waals surface area contributed by atoms with Gasteiger partial charge < -0.3 is 5.73 Å². The molecule has 0 aromatic heterocycles. The molecule has 0 aliphatic carbocycles. The number of hydrogen-bond donors (Lipinski definition) is 2. The maximum absolute atomic E-state index is 5.38.